The first-order chi connectivity index (χ1) is 8.17. The van der Waals surface area contributed by atoms with E-state index in [2.05, 4.69) is 10.2 Å². The van der Waals surface area contributed by atoms with Crippen LogP contribution in [0.5, 0.6) is 0 Å². The number of piperazine rings is 1. The van der Waals surface area contributed by atoms with Crippen molar-refractivity contribution in [2.24, 2.45) is 11.7 Å². The summed E-state index contributed by atoms with van der Waals surface area (Å²) in [7, 11) is 0. The molecule has 3 unspecified atom stereocenters. The fraction of sp³-hybridized carbons (Fsp3) is 0.833. The fourth-order valence-electron chi connectivity index (χ4n) is 3.18. The number of amides is 2. The summed E-state index contributed by atoms with van der Waals surface area (Å²) in [5, 5.41) is 2.42. The van der Waals surface area contributed by atoms with E-state index in [-0.39, 0.29) is 17.9 Å². The van der Waals surface area contributed by atoms with Crippen LogP contribution in [0.25, 0.3) is 0 Å². The first kappa shape index (κ1) is 12.5. The summed E-state index contributed by atoms with van der Waals surface area (Å²) in [6, 6.07) is 0.143. The van der Waals surface area contributed by atoms with Gasteiger partial charge in [-0.25, -0.2) is 0 Å². The Bertz CT molecular complexity index is 319. The maximum atomic E-state index is 11.8. The number of nitrogens with two attached hydrogens (primary N) is 1. The molecule has 1 aliphatic carbocycles. The monoisotopic (exact) mass is 239 g/mol. The zero-order valence-corrected chi connectivity index (χ0v) is 10.3. The minimum absolute atomic E-state index is 0.147. The Morgan fingerprint density at radius 2 is 2.18 bits per heavy atom. The summed E-state index contributed by atoms with van der Waals surface area (Å²) in [6.45, 7) is 2.97. The number of carbonyl (C=O) groups excluding carboxylic acids is 2. The summed E-state index contributed by atoms with van der Waals surface area (Å²) in [4.78, 5) is 25.4. The lowest BCUT2D eigenvalue weighted by molar-refractivity contribution is -0.142. The van der Waals surface area contributed by atoms with Crippen LogP contribution in [0.15, 0.2) is 0 Å². The largest absolute Gasteiger partial charge is 0.330 e. The van der Waals surface area contributed by atoms with Gasteiger partial charge in [-0.15, -0.1) is 0 Å². The van der Waals surface area contributed by atoms with Gasteiger partial charge < -0.3 is 5.73 Å². The number of carbonyl (C=O) groups is 2. The number of imide groups is 1. The Balaban J connectivity index is 2.15. The molecule has 17 heavy (non-hydrogen) atoms. The molecule has 3 N–H and O–H groups in total. The highest BCUT2D eigenvalue weighted by Gasteiger charge is 2.40. The minimum atomic E-state index is -0.178. The Morgan fingerprint density at radius 1 is 1.41 bits per heavy atom. The van der Waals surface area contributed by atoms with Gasteiger partial charge in [-0.2, -0.15) is 0 Å². The van der Waals surface area contributed by atoms with Gasteiger partial charge in [0.15, 0.2) is 0 Å². The van der Waals surface area contributed by atoms with Crippen molar-refractivity contribution < 1.29 is 9.59 Å². The molecule has 2 aliphatic rings. The Labute approximate surface area is 102 Å². The number of hydrogen-bond acceptors (Lipinski definition) is 4. The van der Waals surface area contributed by atoms with E-state index in [1.54, 1.807) is 0 Å². The zero-order chi connectivity index (χ0) is 12.4. The van der Waals surface area contributed by atoms with Gasteiger partial charge in [-0.1, -0.05) is 13.3 Å². The molecule has 3 atom stereocenters. The van der Waals surface area contributed by atoms with Gasteiger partial charge in [-0.3, -0.25) is 19.8 Å². The number of hydrogen-bond donors (Lipinski definition) is 2. The molecule has 5 heteroatoms. The predicted octanol–water partition coefficient (Wildman–Crippen LogP) is -0.149. The van der Waals surface area contributed by atoms with Crippen molar-refractivity contribution >= 4 is 11.8 Å². The molecule has 96 valence electrons. The molecule has 2 amide bonds. The van der Waals surface area contributed by atoms with Gasteiger partial charge in [0.2, 0.25) is 11.8 Å². The van der Waals surface area contributed by atoms with E-state index in [1.807, 2.05) is 6.92 Å². The van der Waals surface area contributed by atoms with E-state index in [1.165, 1.54) is 0 Å². The molecule has 0 bridgehead atoms. The van der Waals surface area contributed by atoms with Crippen molar-refractivity contribution in [3.8, 4) is 0 Å². The molecular formula is C12H21N3O2. The molecular weight excluding hydrogens is 218 g/mol. The molecule has 2 fully saturated rings. The lowest BCUT2D eigenvalue weighted by atomic mass is 9.98. The van der Waals surface area contributed by atoms with Crippen LogP contribution >= 0.6 is 0 Å². The Hall–Kier alpha value is -0.940. The molecule has 0 radical (unpaired) electrons. The van der Waals surface area contributed by atoms with Crippen LogP contribution in [0.1, 0.15) is 32.6 Å². The van der Waals surface area contributed by atoms with Gasteiger partial charge in [0.05, 0.1) is 12.6 Å². The standard InChI is InChI=1S/C12H21N3O2/c1-2-9-12(17)14-11(16)7-15(9)10-5-3-4-8(10)6-13/h8-10H,2-7,13H2,1H3,(H,14,16,17). The third kappa shape index (κ3) is 2.35. The van der Waals surface area contributed by atoms with Gasteiger partial charge in [0.1, 0.15) is 0 Å². The van der Waals surface area contributed by atoms with Gasteiger partial charge >= 0.3 is 0 Å². The van der Waals surface area contributed by atoms with Crippen molar-refractivity contribution in [1.82, 2.24) is 10.2 Å². The highest BCUT2D eigenvalue weighted by Crippen LogP contribution is 2.31. The first-order valence-corrected chi connectivity index (χ1v) is 6.46. The maximum Gasteiger partial charge on any atom is 0.243 e. The molecule has 0 aromatic rings. The second kappa shape index (κ2) is 5.14. The van der Waals surface area contributed by atoms with Gasteiger partial charge in [0, 0.05) is 6.04 Å². The second-order valence-electron chi connectivity index (χ2n) is 5.00. The van der Waals surface area contributed by atoms with E-state index in [0.29, 0.717) is 25.0 Å². The van der Waals surface area contributed by atoms with E-state index in [9.17, 15) is 9.59 Å². The van der Waals surface area contributed by atoms with Crippen molar-refractivity contribution in [1.29, 1.82) is 0 Å². The number of nitrogens with one attached hydrogen (secondary N) is 1. The van der Waals surface area contributed by atoms with Crippen molar-refractivity contribution in [3.05, 3.63) is 0 Å². The van der Waals surface area contributed by atoms with Crippen molar-refractivity contribution in [2.75, 3.05) is 13.1 Å². The van der Waals surface area contributed by atoms with Crippen LogP contribution in [-0.4, -0.2) is 41.9 Å². The molecule has 0 aromatic carbocycles. The lowest BCUT2D eigenvalue weighted by Crippen LogP contribution is -2.61. The summed E-state index contributed by atoms with van der Waals surface area (Å²) in [5.74, 6) is 0.108. The average molecular weight is 239 g/mol. The smallest absolute Gasteiger partial charge is 0.243 e. The Morgan fingerprint density at radius 3 is 2.82 bits per heavy atom. The number of rotatable bonds is 3. The van der Waals surface area contributed by atoms with Crippen LogP contribution in [0.2, 0.25) is 0 Å². The fourth-order valence-corrected chi connectivity index (χ4v) is 3.18. The first-order valence-electron chi connectivity index (χ1n) is 6.46. The summed E-state index contributed by atoms with van der Waals surface area (Å²) >= 11 is 0. The summed E-state index contributed by atoms with van der Waals surface area (Å²) in [5.41, 5.74) is 5.77. The predicted molar refractivity (Wildman–Crippen MR) is 64.1 cm³/mol. The topological polar surface area (TPSA) is 75.4 Å². The Kier molecular flexibility index (Phi) is 3.79. The van der Waals surface area contributed by atoms with E-state index < -0.39 is 0 Å². The SMILES string of the molecule is CCC1C(=O)NC(=O)CN1C1CCCC1CN. The molecule has 0 spiro atoms. The normalized spacial score (nSPS) is 35.1. The lowest BCUT2D eigenvalue weighted by Gasteiger charge is -2.40. The zero-order valence-electron chi connectivity index (χ0n) is 10.3. The molecule has 1 saturated heterocycles. The highest BCUT2D eigenvalue weighted by atomic mass is 16.2. The van der Waals surface area contributed by atoms with E-state index in [4.69, 9.17) is 5.73 Å². The van der Waals surface area contributed by atoms with Crippen LogP contribution in [0.3, 0.4) is 0 Å². The molecule has 1 aliphatic heterocycles. The third-order valence-electron chi connectivity index (χ3n) is 4.03. The van der Waals surface area contributed by atoms with E-state index in [0.717, 1.165) is 25.7 Å². The maximum absolute atomic E-state index is 11.8. The molecule has 1 heterocycles. The molecule has 5 nitrogen and oxygen atoms in total. The van der Waals surface area contributed by atoms with Crippen LogP contribution in [-0.2, 0) is 9.59 Å². The highest BCUT2D eigenvalue weighted by molar-refractivity contribution is 6.01. The van der Waals surface area contributed by atoms with Gasteiger partial charge in [-0.05, 0) is 31.7 Å². The van der Waals surface area contributed by atoms with Crippen LogP contribution in [0.4, 0.5) is 0 Å². The van der Waals surface area contributed by atoms with E-state index >= 15 is 0 Å². The third-order valence-corrected chi connectivity index (χ3v) is 4.03. The molecule has 0 aromatic heterocycles. The summed E-state index contributed by atoms with van der Waals surface area (Å²) in [6.07, 6.45) is 4.06. The van der Waals surface area contributed by atoms with Crippen molar-refractivity contribution in [3.63, 3.8) is 0 Å². The average Bonchev–Trinajstić information content (AvgIpc) is 2.75. The second-order valence-corrected chi connectivity index (χ2v) is 5.00. The quantitative estimate of drug-likeness (QED) is 0.672. The minimum Gasteiger partial charge on any atom is -0.330 e. The number of nitrogens with zero attached hydrogens (tertiary/aromatic N) is 1. The van der Waals surface area contributed by atoms with Gasteiger partial charge in [0.25, 0.3) is 0 Å². The molecule has 2 rings (SSSR count). The van der Waals surface area contributed by atoms with Crippen LogP contribution in [0, 0.1) is 5.92 Å². The van der Waals surface area contributed by atoms with Crippen molar-refractivity contribution in [2.45, 2.75) is 44.7 Å². The van der Waals surface area contributed by atoms with Crippen LogP contribution < -0.4 is 11.1 Å². The summed E-state index contributed by atoms with van der Waals surface area (Å²) < 4.78 is 0. The molecule has 1 saturated carbocycles.